The molecule has 1 saturated heterocycles. The summed E-state index contributed by atoms with van der Waals surface area (Å²) in [5.41, 5.74) is 2.58. The lowest BCUT2D eigenvalue weighted by atomic mass is 10.1. The van der Waals surface area contributed by atoms with Crippen LogP contribution in [0.4, 0.5) is 5.69 Å². The van der Waals surface area contributed by atoms with E-state index in [2.05, 4.69) is 5.32 Å². The SMILES string of the molecule is O=C(NCCCc1ccc(O)cc1)c1ccc(N2CCCC2=O)cc1. The van der Waals surface area contributed by atoms with Gasteiger partial charge in [0.1, 0.15) is 5.75 Å². The Balaban J connectivity index is 1.46. The van der Waals surface area contributed by atoms with E-state index < -0.39 is 0 Å². The number of hydrogen-bond acceptors (Lipinski definition) is 3. The summed E-state index contributed by atoms with van der Waals surface area (Å²) in [6.45, 7) is 1.34. The van der Waals surface area contributed by atoms with Gasteiger partial charge in [-0.25, -0.2) is 0 Å². The van der Waals surface area contributed by atoms with Crippen LogP contribution in [-0.4, -0.2) is 30.0 Å². The molecule has 1 aliphatic heterocycles. The lowest BCUT2D eigenvalue weighted by Gasteiger charge is -2.15. The first-order valence-corrected chi connectivity index (χ1v) is 8.60. The van der Waals surface area contributed by atoms with Crippen molar-refractivity contribution in [1.82, 2.24) is 5.32 Å². The number of benzene rings is 2. The van der Waals surface area contributed by atoms with Crippen LogP contribution in [0.3, 0.4) is 0 Å². The summed E-state index contributed by atoms with van der Waals surface area (Å²) < 4.78 is 0. The Morgan fingerprint density at radius 3 is 2.44 bits per heavy atom. The first-order valence-electron chi connectivity index (χ1n) is 8.60. The van der Waals surface area contributed by atoms with Crippen LogP contribution in [0.25, 0.3) is 0 Å². The smallest absolute Gasteiger partial charge is 0.251 e. The Morgan fingerprint density at radius 1 is 1.08 bits per heavy atom. The second-order valence-electron chi connectivity index (χ2n) is 6.22. The number of phenols is 1. The van der Waals surface area contributed by atoms with E-state index >= 15 is 0 Å². The highest BCUT2D eigenvalue weighted by atomic mass is 16.3. The van der Waals surface area contributed by atoms with Gasteiger partial charge in [0, 0.05) is 30.8 Å². The molecule has 1 fully saturated rings. The van der Waals surface area contributed by atoms with Gasteiger partial charge in [-0.05, 0) is 61.2 Å². The van der Waals surface area contributed by atoms with Gasteiger partial charge >= 0.3 is 0 Å². The van der Waals surface area contributed by atoms with Gasteiger partial charge in [0.25, 0.3) is 5.91 Å². The Labute approximate surface area is 147 Å². The number of anilines is 1. The largest absolute Gasteiger partial charge is 0.508 e. The fourth-order valence-corrected chi connectivity index (χ4v) is 2.97. The van der Waals surface area contributed by atoms with E-state index in [1.54, 1.807) is 29.2 Å². The molecule has 5 nitrogen and oxygen atoms in total. The first kappa shape index (κ1) is 17.0. The van der Waals surface area contributed by atoms with E-state index in [-0.39, 0.29) is 17.6 Å². The fraction of sp³-hybridized carbons (Fsp3) is 0.300. The fourth-order valence-electron chi connectivity index (χ4n) is 2.97. The molecular weight excluding hydrogens is 316 g/mol. The average molecular weight is 338 g/mol. The lowest BCUT2D eigenvalue weighted by molar-refractivity contribution is -0.117. The zero-order valence-corrected chi connectivity index (χ0v) is 14.1. The molecule has 0 spiro atoms. The molecule has 2 aromatic rings. The molecule has 0 aliphatic carbocycles. The van der Waals surface area contributed by atoms with Crippen LogP contribution in [0.15, 0.2) is 48.5 Å². The molecule has 1 heterocycles. The minimum absolute atomic E-state index is 0.106. The standard InChI is InChI=1S/C20H22N2O3/c23-18-11-5-15(6-12-18)3-1-13-21-20(25)16-7-9-17(10-8-16)22-14-2-4-19(22)24/h5-12,23H,1-4,13-14H2,(H,21,25). The molecule has 0 atom stereocenters. The van der Waals surface area contributed by atoms with E-state index in [0.717, 1.165) is 37.1 Å². The molecule has 0 aromatic heterocycles. The number of aromatic hydroxyl groups is 1. The van der Waals surface area contributed by atoms with Gasteiger partial charge < -0.3 is 15.3 Å². The third kappa shape index (κ3) is 4.38. The van der Waals surface area contributed by atoms with Crippen molar-refractivity contribution in [1.29, 1.82) is 0 Å². The number of hydrogen-bond donors (Lipinski definition) is 2. The predicted molar refractivity (Wildman–Crippen MR) is 96.8 cm³/mol. The van der Waals surface area contributed by atoms with E-state index in [1.807, 2.05) is 24.3 Å². The number of nitrogens with one attached hydrogen (secondary N) is 1. The molecular formula is C20H22N2O3. The second kappa shape index (κ2) is 7.83. The number of amides is 2. The van der Waals surface area contributed by atoms with Gasteiger partial charge in [-0.15, -0.1) is 0 Å². The monoisotopic (exact) mass is 338 g/mol. The van der Waals surface area contributed by atoms with Crippen molar-refractivity contribution in [2.24, 2.45) is 0 Å². The quantitative estimate of drug-likeness (QED) is 0.796. The van der Waals surface area contributed by atoms with Crippen molar-refractivity contribution < 1.29 is 14.7 Å². The second-order valence-corrected chi connectivity index (χ2v) is 6.22. The van der Waals surface area contributed by atoms with Gasteiger partial charge in [0.05, 0.1) is 0 Å². The minimum Gasteiger partial charge on any atom is -0.508 e. The third-order valence-electron chi connectivity index (χ3n) is 4.38. The Kier molecular flexibility index (Phi) is 5.33. The zero-order valence-electron chi connectivity index (χ0n) is 14.1. The number of nitrogens with zero attached hydrogens (tertiary/aromatic N) is 1. The van der Waals surface area contributed by atoms with Gasteiger partial charge in [-0.3, -0.25) is 9.59 Å². The highest BCUT2D eigenvalue weighted by molar-refractivity contribution is 5.97. The molecule has 25 heavy (non-hydrogen) atoms. The highest BCUT2D eigenvalue weighted by Gasteiger charge is 2.21. The number of aryl methyl sites for hydroxylation is 1. The maximum absolute atomic E-state index is 12.2. The summed E-state index contributed by atoms with van der Waals surface area (Å²) in [6, 6.07) is 14.3. The zero-order chi connectivity index (χ0) is 17.6. The van der Waals surface area contributed by atoms with Crippen LogP contribution in [0.2, 0.25) is 0 Å². The van der Waals surface area contributed by atoms with Crippen LogP contribution in [0.1, 0.15) is 35.2 Å². The molecule has 0 saturated carbocycles. The van der Waals surface area contributed by atoms with Gasteiger partial charge in [-0.1, -0.05) is 12.1 Å². The summed E-state index contributed by atoms with van der Waals surface area (Å²) in [5.74, 6) is 0.299. The summed E-state index contributed by atoms with van der Waals surface area (Å²) in [4.78, 5) is 25.7. The summed E-state index contributed by atoms with van der Waals surface area (Å²) in [7, 11) is 0. The maximum atomic E-state index is 12.2. The molecule has 2 aromatic carbocycles. The van der Waals surface area contributed by atoms with Gasteiger partial charge in [-0.2, -0.15) is 0 Å². The normalized spacial score (nSPS) is 13.9. The molecule has 0 bridgehead atoms. The van der Waals surface area contributed by atoms with E-state index in [1.165, 1.54) is 0 Å². The van der Waals surface area contributed by atoms with Crippen LogP contribution >= 0.6 is 0 Å². The summed E-state index contributed by atoms with van der Waals surface area (Å²) >= 11 is 0. The molecule has 1 aliphatic rings. The topological polar surface area (TPSA) is 69.6 Å². The van der Waals surface area contributed by atoms with Gasteiger partial charge in [0.2, 0.25) is 5.91 Å². The Morgan fingerprint density at radius 2 is 1.80 bits per heavy atom. The Hall–Kier alpha value is -2.82. The average Bonchev–Trinajstić information content (AvgIpc) is 3.06. The summed E-state index contributed by atoms with van der Waals surface area (Å²) in [5, 5.41) is 12.2. The van der Waals surface area contributed by atoms with Crippen molar-refractivity contribution in [2.75, 3.05) is 18.0 Å². The van der Waals surface area contributed by atoms with Crippen LogP contribution in [0.5, 0.6) is 5.75 Å². The van der Waals surface area contributed by atoms with Crippen molar-refractivity contribution in [3.8, 4) is 5.75 Å². The van der Waals surface area contributed by atoms with Crippen LogP contribution < -0.4 is 10.2 Å². The molecule has 2 N–H and O–H groups in total. The van der Waals surface area contributed by atoms with Gasteiger partial charge in [0.15, 0.2) is 0 Å². The number of phenolic OH excluding ortho intramolecular Hbond substituents is 1. The van der Waals surface area contributed by atoms with Crippen LogP contribution in [-0.2, 0) is 11.2 Å². The number of carbonyl (C=O) groups is 2. The minimum atomic E-state index is -0.106. The van der Waals surface area contributed by atoms with Crippen molar-refractivity contribution >= 4 is 17.5 Å². The van der Waals surface area contributed by atoms with E-state index in [0.29, 0.717) is 18.5 Å². The van der Waals surface area contributed by atoms with Crippen molar-refractivity contribution in [3.05, 3.63) is 59.7 Å². The number of rotatable bonds is 6. The highest BCUT2D eigenvalue weighted by Crippen LogP contribution is 2.21. The lowest BCUT2D eigenvalue weighted by Crippen LogP contribution is -2.25. The van der Waals surface area contributed by atoms with Crippen molar-refractivity contribution in [3.63, 3.8) is 0 Å². The van der Waals surface area contributed by atoms with Crippen LogP contribution in [0, 0.1) is 0 Å². The Bertz CT molecular complexity index is 739. The van der Waals surface area contributed by atoms with E-state index in [9.17, 15) is 14.7 Å². The maximum Gasteiger partial charge on any atom is 0.251 e. The summed E-state index contributed by atoms with van der Waals surface area (Å²) in [6.07, 6.45) is 3.17. The van der Waals surface area contributed by atoms with Crippen molar-refractivity contribution in [2.45, 2.75) is 25.7 Å². The number of carbonyl (C=O) groups excluding carboxylic acids is 2. The molecule has 3 rings (SSSR count). The third-order valence-corrected chi connectivity index (χ3v) is 4.38. The molecule has 5 heteroatoms. The molecule has 2 amide bonds. The molecule has 130 valence electrons. The van der Waals surface area contributed by atoms with E-state index in [4.69, 9.17) is 0 Å². The molecule has 0 radical (unpaired) electrons. The molecule has 0 unspecified atom stereocenters. The first-order chi connectivity index (χ1) is 12.1. The predicted octanol–water partition coefficient (Wildman–Crippen LogP) is 2.88.